The number of pyridine rings is 1. The van der Waals surface area contributed by atoms with Gasteiger partial charge in [0, 0.05) is 36.3 Å². The fourth-order valence-corrected chi connectivity index (χ4v) is 3.82. The molecule has 126 valence electrons. The Labute approximate surface area is 142 Å². The Morgan fingerprint density at radius 1 is 1.21 bits per heavy atom. The standard InChI is InChI=1S/C20H24N2O2/c1-14-10-15(11-17(23)21-14)18(24)22(4)13-20(12-19(20,2)3)16-8-6-5-7-9-16/h5-11H,12-13H2,1-4H3,(H,21,23)/t20-/m1/s1. The van der Waals surface area contributed by atoms with Crippen LogP contribution >= 0.6 is 0 Å². The lowest BCUT2D eigenvalue weighted by atomic mass is 9.87. The van der Waals surface area contributed by atoms with Gasteiger partial charge in [-0.05, 0) is 30.4 Å². The second kappa shape index (κ2) is 5.62. The van der Waals surface area contributed by atoms with Gasteiger partial charge in [0.25, 0.3) is 5.91 Å². The molecule has 0 unspecified atom stereocenters. The highest BCUT2D eigenvalue weighted by molar-refractivity contribution is 5.94. The molecule has 2 aromatic rings. The van der Waals surface area contributed by atoms with Crippen molar-refractivity contribution < 1.29 is 4.79 Å². The summed E-state index contributed by atoms with van der Waals surface area (Å²) in [7, 11) is 1.82. The Morgan fingerprint density at radius 2 is 1.83 bits per heavy atom. The van der Waals surface area contributed by atoms with Gasteiger partial charge in [-0.15, -0.1) is 0 Å². The van der Waals surface area contributed by atoms with Crippen LogP contribution in [0.4, 0.5) is 0 Å². The van der Waals surface area contributed by atoms with Gasteiger partial charge in [0.1, 0.15) is 0 Å². The van der Waals surface area contributed by atoms with E-state index in [1.807, 2.05) is 25.2 Å². The van der Waals surface area contributed by atoms with Crippen molar-refractivity contribution in [1.29, 1.82) is 0 Å². The molecule has 1 aliphatic rings. The molecule has 4 nitrogen and oxygen atoms in total. The predicted octanol–water partition coefficient (Wildman–Crippen LogP) is 3.12. The normalized spacial score (nSPS) is 21.3. The molecule has 1 atom stereocenters. The van der Waals surface area contributed by atoms with Gasteiger partial charge >= 0.3 is 0 Å². The van der Waals surface area contributed by atoms with Gasteiger partial charge in [0.05, 0.1) is 0 Å². The first-order valence-electron chi connectivity index (χ1n) is 8.27. The van der Waals surface area contributed by atoms with Crippen LogP contribution in [0.5, 0.6) is 0 Å². The summed E-state index contributed by atoms with van der Waals surface area (Å²) in [5.41, 5.74) is 2.32. The first kappa shape index (κ1) is 16.5. The largest absolute Gasteiger partial charge is 0.341 e. The lowest BCUT2D eigenvalue weighted by Crippen LogP contribution is -2.37. The van der Waals surface area contributed by atoms with E-state index in [1.165, 1.54) is 11.6 Å². The number of rotatable bonds is 4. The molecule has 0 saturated heterocycles. The van der Waals surface area contributed by atoms with Crippen molar-refractivity contribution in [3.63, 3.8) is 0 Å². The molecule has 24 heavy (non-hydrogen) atoms. The van der Waals surface area contributed by atoms with Crippen molar-refractivity contribution in [3.05, 3.63) is 69.6 Å². The molecule has 0 bridgehead atoms. The number of benzene rings is 1. The third kappa shape index (κ3) is 2.77. The third-order valence-electron chi connectivity index (χ3n) is 5.32. The molecule has 1 aromatic heterocycles. The third-order valence-corrected chi connectivity index (χ3v) is 5.32. The number of H-pyrrole nitrogens is 1. The molecule has 1 fully saturated rings. The van der Waals surface area contributed by atoms with Gasteiger partial charge in [0.15, 0.2) is 0 Å². The Morgan fingerprint density at radius 3 is 2.38 bits per heavy atom. The number of carbonyl (C=O) groups is 1. The molecule has 4 heteroatoms. The molecular formula is C20H24N2O2. The average Bonchev–Trinajstić information content (AvgIpc) is 3.08. The van der Waals surface area contributed by atoms with E-state index < -0.39 is 0 Å². The van der Waals surface area contributed by atoms with Crippen molar-refractivity contribution >= 4 is 5.91 Å². The summed E-state index contributed by atoms with van der Waals surface area (Å²) in [6.07, 6.45) is 1.05. The summed E-state index contributed by atoms with van der Waals surface area (Å²) in [5.74, 6) is -0.109. The van der Waals surface area contributed by atoms with Crippen molar-refractivity contribution in [2.45, 2.75) is 32.6 Å². The van der Waals surface area contributed by atoms with Gasteiger partial charge in [-0.1, -0.05) is 44.2 Å². The maximum absolute atomic E-state index is 12.8. The lowest BCUT2D eigenvalue weighted by molar-refractivity contribution is 0.0774. The van der Waals surface area contributed by atoms with Gasteiger partial charge in [-0.2, -0.15) is 0 Å². The minimum absolute atomic E-state index is 0.0189. The molecule has 0 radical (unpaired) electrons. The zero-order valence-corrected chi connectivity index (χ0v) is 14.7. The van der Waals surface area contributed by atoms with E-state index in [1.54, 1.807) is 17.9 Å². The molecule has 3 rings (SSSR count). The van der Waals surface area contributed by atoms with E-state index in [4.69, 9.17) is 0 Å². The molecular weight excluding hydrogens is 300 g/mol. The summed E-state index contributed by atoms with van der Waals surface area (Å²) >= 11 is 0. The Hall–Kier alpha value is -2.36. The number of hydrogen-bond donors (Lipinski definition) is 1. The van der Waals surface area contributed by atoms with Crippen LogP contribution in [0.3, 0.4) is 0 Å². The molecule has 1 aromatic carbocycles. The van der Waals surface area contributed by atoms with Crippen LogP contribution in [0, 0.1) is 12.3 Å². The number of nitrogens with one attached hydrogen (secondary N) is 1. The zero-order valence-electron chi connectivity index (χ0n) is 14.7. The number of likely N-dealkylation sites (N-methyl/N-ethyl adjacent to an activating group) is 1. The quantitative estimate of drug-likeness (QED) is 0.939. The van der Waals surface area contributed by atoms with Crippen LogP contribution in [0.2, 0.25) is 0 Å². The monoisotopic (exact) mass is 324 g/mol. The second-order valence-corrected chi connectivity index (χ2v) is 7.59. The fourth-order valence-electron chi connectivity index (χ4n) is 3.82. The number of hydrogen-bond acceptors (Lipinski definition) is 2. The molecule has 0 spiro atoms. The topological polar surface area (TPSA) is 53.2 Å². The number of aryl methyl sites for hydroxylation is 1. The number of aromatic nitrogens is 1. The van der Waals surface area contributed by atoms with Crippen LogP contribution < -0.4 is 5.56 Å². The molecule has 1 amide bonds. The molecule has 1 heterocycles. The first-order chi connectivity index (χ1) is 11.2. The fraction of sp³-hybridized carbons (Fsp3) is 0.400. The summed E-state index contributed by atoms with van der Waals surface area (Å²) < 4.78 is 0. The maximum atomic E-state index is 12.8. The van der Waals surface area contributed by atoms with Crippen LogP contribution in [-0.2, 0) is 5.41 Å². The average molecular weight is 324 g/mol. The molecule has 1 aliphatic carbocycles. The van der Waals surface area contributed by atoms with E-state index in [0.717, 1.165) is 6.42 Å². The van der Waals surface area contributed by atoms with Gasteiger partial charge in [-0.25, -0.2) is 0 Å². The molecule has 0 aliphatic heterocycles. The maximum Gasteiger partial charge on any atom is 0.253 e. The Balaban J connectivity index is 1.86. The highest BCUT2D eigenvalue weighted by Crippen LogP contribution is 2.64. The minimum Gasteiger partial charge on any atom is -0.341 e. The van der Waals surface area contributed by atoms with Gasteiger partial charge < -0.3 is 9.88 Å². The van der Waals surface area contributed by atoms with Crippen molar-refractivity contribution in [1.82, 2.24) is 9.88 Å². The molecule has 1 saturated carbocycles. The van der Waals surface area contributed by atoms with Gasteiger partial charge in [-0.3, -0.25) is 9.59 Å². The summed E-state index contributed by atoms with van der Waals surface area (Å²) in [4.78, 5) is 28.8. The second-order valence-electron chi connectivity index (χ2n) is 7.59. The molecule has 1 N–H and O–H groups in total. The zero-order chi connectivity index (χ0) is 17.5. The van der Waals surface area contributed by atoms with Crippen LogP contribution in [0.15, 0.2) is 47.3 Å². The van der Waals surface area contributed by atoms with Crippen LogP contribution in [-0.4, -0.2) is 29.4 Å². The van der Waals surface area contributed by atoms with Crippen molar-refractivity contribution in [2.24, 2.45) is 5.41 Å². The van der Waals surface area contributed by atoms with Crippen molar-refractivity contribution in [3.8, 4) is 0 Å². The Kier molecular flexibility index (Phi) is 3.86. The SMILES string of the molecule is Cc1cc(C(=O)N(C)C[C@@]2(c3ccccc3)CC2(C)C)cc(=O)[nH]1. The smallest absolute Gasteiger partial charge is 0.253 e. The van der Waals surface area contributed by atoms with E-state index >= 15 is 0 Å². The Bertz CT molecular complexity index is 823. The number of carbonyl (C=O) groups excluding carboxylic acids is 1. The van der Waals surface area contributed by atoms with Crippen molar-refractivity contribution in [2.75, 3.05) is 13.6 Å². The van der Waals surface area contributed by atoms with Gasteiger partial charge in [0.2, 0.25) is 5.56 Å². The van der Waals surface area contributed by atoms with Crippen LogP contribution in [0.1, 0.15) is 41.9 Å². The van der Waals surface area contributed by atoms with E-state index in [2.05, 4.69) is 31.0 Å². The predicted molar refractivity (Wildman–Crippen MR) is 95.3 cm³/mol. The first-order valence-corrected chi connectivity index (χ1v) is 8.27. The summed E-state index contributed by atoms with van der Waals surface area (Å²) in [6.45, 7) is 6.92. The highest BCUT2D eigenvalue weighted by atomic mass is 16.2. The summed E-state index contributed by atoms with van der Waals surface area (Å²) in [6, 6.07) is 13.5. The van der Waals surface area contributed by atoms with Crippen LogP contribution in [0.25, 0.3) is 0 Å². The number of aromatic amines is 1. The lowest BCUT2D eigenvalue weighted by Gasteiger charge is -2.28. The van der Waals surface area contributed by atoms with E-state index in [-0.39, 0.29) is 22.3 Å². The summed E-state index contributed by atoms with van der Waals surface area (Å²) in [5, 5.41) is 0. The van der Waals surface area contributed by atoms with E-state index in [0.29, 0.717) is 17.8 Å². The number of nitrogens with zero attached hydrogens (tertiary/aromatic N) is 1. The van der Waals surface area contributed by atoms with E-state index in [9.17, 15) is 9.59 Å². The number of amides is 1. The highest BCUT2D eigenvalue weighted by Gasteiger charge is 2.62. The minimum atomic E-state index is -0.240.